The van der Waals surface area contributed by atoms with Crippen molar-refractivity contribution in [3.63, 3.8) is 0 Å². The van der Waals surface area contributed by atoms with Crippen LogP contribution in [-0.2, 0) is 4.74 Å². The van der Waals surface area contributed by atoms with Crippen LogP contribution >= 0.6 is 0 Å². The molecule has 2 heterocycles. The average Bonchev–Trinajstić information content (AvgIpc) is 3.10. The molecule has 0 aromatic rings. The molecule has 102 valence electrons. The van der Waals surface area contributed by atoms with Gasteiger partial charge in [-0.05, 0) is 12.8 Å². The van der Waals surface area contributed by atoms with Gasteiger partial charge in [0.15, 0.2) is 0 Å². The number of hydrogen-bond donors (Lipinski definition) is 4. The zero-order valence-electron chi connectivity index (χ0n) is 10.5. The predicted molar refractivity (Wildman–Crippen MR) is 66.6 cm³/mol. The third-order valence-electron chi connectivity index (χ3n) is 4.03. The molecule has 0 amide bonds. The zero-order valence-corrected chi connectivity index (χ0v) is 10.5. The standard InChI is InChI=1S/C12H21N3O3/c1-13-9-4-7-10(15-9)12(17)11(16)8(18-7)5-14-6-2-3-6/h6-8,10-12,14,16-17H,2-5H2,1H3,(H,13,15)/t7-,8-,10+,11-,12-/m1/s1. The fourth-order valence-corrected chi connectivity index (χ4v) is 2.73. The lowest BCUT2D eigenvalue weighted by atomic mass is 9.94. The molecule has 0 radical (unpaired) electrons. The summed E-state index contributed by atoms with van der Waals surface area (Å²) in [5, 5.41) is 26.7. The molecule has 3 aliphatic rings. The number of aliphatic hydroxyl groups excluding tert-OH is 2. The van der Waals surface area contributed by atoms with E-state index in [4.69, 9.17) is 4.74 Å². The van der Waals surface area contributed by atoms with Crippen LogP contribution in [-0.4, -0.2) is 66.1 Å². The topological polar surface area (TPSA) is 86.1 Å². The first-order valence-corrected chi connectivity index (χ1v) is 6.66. The van der Waals surface area contributed by atoms with Crippen molar-refractivity contribution in [2.45, 2.75) is 55.8 Å². The van der Waals surface area contributed by atoms with E-state index in [0.717, 1.165) is 5.84 Å². The number of nitrogens with one attached hydrogen (secondary N) is 2. The highest BCUT2D eigenvalue weighted by atomic mass is 16.5. The van der Waals surface area contributed by atoms with Crippen LogP contribution in [0.3, 0.4) is 0 Å². The van der Waals surface area contributed by atoms with E-state index in [1.165, 1.54) is 12.8 Å². The summed E-state index contributed by atoms with van der Waals surface area (Å²) in [5.74, 6) is 0.840. The van der Waals surface area contributed by atoms with E-state index in [1.54, 1.807) is 7.05 Å². The van der Waals surface area contributed by atoms with Gasteiger partial charge < -0.3 is 25.6 Å². The van der Waals surface area contributed by atoms with Crippen LogP contribution in [0.4, 0.5) is 0 Å². The summed E-state index contributed by atoms with van der Waals surface area (Å²) in [6, 6.07) is 0.334. The molecule has 0 spiro atoms. The minimum Gasteiger partial charge on any atom is -0.388 e. The van der Waals surface area contributed by atoms with Gasteiger partial charge in [-0.15, -0.1) is 0 Å². The fourth-order valence-electron chi connectivity index (χ4n) is 2.73. The van der Waals surface area contributed by atoms with Crippen molar-refractivity contribution in [1.29, 1.82) is 0 Å². The molecule has 1 saturated carbocycles. The molecule has 2 saturated heterocycles. The Morgan fingerprint density at radius 1 is 1.39 bits per heavy atom. The van der Waals surface area contributed by atoms with Crippen LogP contribution < -0.4 is 10.6 Å². The monoisotopic (exact) mass is 255 g/mol. The maximum Gasteiger partial charge on any atom is 0.109 e. The summed E-state index contributed by atoms with van der Waals surface area (Å²) < 4.78 is 5.89. The molecule has 0 bridgehead atoms. The largest absolute Gasteiger partial charge is 0.388 e. The second kappa shape index (κ2) is 4.77. The Kier molecular flexibility index (Phi) is 3.27. The first-order chi connectivity index (χ1) is 8.69. The number of aliphatic hydroxyl groups is 2. The Morgan fingerprint density at radius 2 is 2.17 bits per heavy atom. The molecule has 0 aromatic carbocycles. The van der Waals surface area contributed by atoms with Crippen LogP contribution in [0.5, 0.6) is 0 Å². The molecule has 6 heteroatoms. The van der Waals surface area contributed by atoms with Crippen LogP contribution in [0.15, 0.2) is 4.99 Å². The molecule has 6 nitrogen and oxygen atoms in total. The maximum atomic E-state index is 10.1. The molecular formula is C12H21N3O3. The van der Waals surface area contributed by atoms with Gasteiger partial charge in [0.1, 0.15) is 12.2 Å². The molecule has 0 aromatic heterocycles. The van der Waals surface area contributed by atoms with E-state index in [2.05, 4.69) is 15.6 Å². The highest BCUT2D eigenvalue weighted by molar-refractivity contribution is 5.85. The molecule has 0 unspecified atom stereocenters. The molecule has 5 atom stereocenters. The van der Waals surface area contributed by atoms with Gasteiger partial charge >= 0.3 is 0 Å². The van der Waals surface area contributed by atoms with Crippen LogP contribution in [0.1, 0.15) is 19.3 Å². The Labute approximate surface area is 106 Å². The van der Waals surface area contributed by atoms with Gasteiger partial charge in [0, 0.05) is 26.1 Å². The number of hydrogen-bond acceptors (Lipinski definition) is 5. The Hall–Kier alpha value is -0.690. The van der Waals surface area contributed by atoms with Crippen LogP contribution in [0, 0.1) is 0 Å². The second-order valence-corrected chi connectivity index (χ2v) is 5.42. The number of amidine groups is 1. The van der Waals surface area contributed by atoms with Gasteiger partial charge in [-0.1, -0.05) is 0 Å². The summed E-state index contributed by atoms with van der Waals surface area (Å²) in [6.45, 7) is 0.602. The number of ether oxygens (including phenoxy) is 1. The van der Waals surface area contributed by atoms with Gasteiger partial charge in [0.2, 0.25) is 0 Å². The molecule has 1 aliphatic carbocycles. The van der Waals surface area contributed by atoms with Gasteiger partial charge in [-0.2, -0.15) is 0 Å². The van der Waals surface area contributed by atoms with Crippen molar-refractivity contribution in [3.8, 4) is 0 Å². The summed E-state index contributed by atoms with van der Waals surface area (Å²) in [7, 11) is 1.72. The Bertz CT molecular complexity index is 345. The number of nitrogens with zero attached hydrogens (tertiary/aromatic N) is 1. The summed E-state index contributed by atoms with van der Waals surface area (Å²) in [5.41, 5.74) is 0. The lowest BCUT2D eigenvalue weighted by molar-refractivity contribution is -0.172. The van der Waals surface area contributed by atoms with Gasteiger partial charge in [-0.25, -0.2) is 0 Å². The minimum absolute atomic E-state index is 0.0897. The quantitative estimate of drug-likeness (QED) is 0.499. The van der Waals surface area contributed by atoms with E-state index in [-0.39, 0.29) is 18.2 Å². The molecule has 4 N–H and O–H groups in total. The normalized spacial score (nSPS) is 45.9. The first kappa shape index (κ1) is 12.3. The predicted octanol–water partition coefficient (Wildman–Crippen LogP) is -1.38. The van der Waals surface area contributed by atoms with Gasteiger partial charge in [-0.3, -0.25) is 4.99 Å². The summed E-state index contributed by atoms with van der Waals surface area (Å²) in [4.78, 5) is 4.10. The average molecular weight is 255 g/mol. The van der Waals surface area contributed by atoms with Crippen molar-refractivity contribution in [2.24, 2.45) is 4.99 Å². The number of aliphatic imine (C=N–C) groups is 1. The van der Waals surface area contributed by atoms with E-state index in [0.29, 0.717) is 19.0 Å². The minimum atomic E-state index is -0.846. The number of fused-ring (bicyclic) bond motifs is 1. The third-order valence-corrected chi connectivity index (χ3v) is 4.03. The first-order valence-electron chi connectivity index (χ1n) is 6.66. The summed E-state index contributed by atoms with van der Waals surface area (Å²) in [6.07, 6.45) is 1.02. The molecule has 3 fully saturated rings. The van der Waals surface area contributed by atoms with Crippen LogP contribution in [0.2, 0.25) is 0 Å². The fraction of sp³-hybridized carbons (Fsp3) is 0.917. The Morgan fingerprint density at radius 3 is 2.83 bits per heavy atom. The molecule has 2 aliphatic heterocycles. The molecular weight excluding hydrogens is 234 g/mol. The van der Waals surface area contributed by atoms with E-state index in [1.807, 2.05) is 0 Å². The highest BCUT2D eigenvalue weighted by Gasteiger charge is 2.48. The second-order valence-electron chi connectivity index (χ2n) is 5.42. The molecule has 18 heavy (non-hydrogen) atoms. The van der Waals surface area contributed by atoms with Gasteiger partial charge in [0.05, 0.1) is 24.1 Å². The maximum absolute atomic E-state index is 10.1. The van der Waals surface area contributed by atoms with Crippen molar-refractivity contribution in [1.82, 2.24) is 10.6 Å². The van der Waals surface area contributed by atoms with Crippen molar-refractivity contribution in [2.75, 3.05) is 13.6 Å². The van der Waals surface area contributed by atoms with E-state index < -0.39 is 12.2 Å². The van der Waals surface area contributed by atoms with Crippen molar-refractivity contribution < 1.29 is 14.9 Å². The number of rotatable bonds is 3. The van der Waals surface area contributed by atoms with E-state index in [9.17, 15) is 10.2 Å². The summed E-state index contributed by atoms with van der Waals surface area (Å²) >= 11 is 0. The van der Waals surface area contributed by atoms with Crippen molar-refractivity contribution >= 4 is 5.84 Å². The smallest absolute Gasteiger partial charge is 0.109 e. The van der Waals surface area contributed by atoms with Gasteiger partial charge in [0.25, 0.3) is 0 Å². The highest BCUT2D eigenvalue weighted by Crippen LogP contribution is 2.28. The lowest BCUT2D eigenvalue weighted by Crippen LogP contribution is -2.61. The van der Waals surface area contributed by atoms with Crippen LogP contribution in [0.25, 0.3) is 0 Å². The lowest BCUT2D eigenvalue weighted by Gasteiger charge is -2.39. The SMILES string of the molecule is CN=C1C[C@H]2O[C@H](CNC3CC3)[C@@H](O)[C@H](O)[C@H]2N1. The van der Waals surface area contributed by atoms with E-state index >= 15 is 0 Å². The zero-order chi connectivity index (χ0) is 12.7. The third kappa shape index (κ3) is 2.25. The van der Waals surface area contributed by atoms with Crippen molar-refractivity contribution in [3.05, 3.63) is 0 Å². The molecule has 3 rings (SSSR count). The Balaban J connectivity index is 1.63.